The molecule has 1 unspecified atom stereocenters. The van der Waals surface area contributed by atoms with Gasteiger partial charge < -0.3 is 25.2 Å². The summed E-state index contributed by atoms with van der Waals surface area (Å²) in [6, 6.07) is 17.1. The van der Waals surface area contributed by atoms with Gasteiger partial charge in [0.1, 0.15) is 17.6 Å². The first kappa shape index (κ1) is 33.7. The molecule has 0 radical (unpaired) electrons. The fourth-order valence-electron chi connectivity index (χ4n) is 5.23. The highest BCUT2D eigenvalue weighted by atomic mass is 35.5. The largest absolute Gasteiger partial charge is 0.497 e. The molecule has 238 valence electrons. The van der Waals surface area contributed by atoms with Crippen molar-refractivity contribution < 1.29 is 28.3 Å². The van der Waals surface area contributed by atoms with E-state index in [1.54, 1.807) is 49.6 Å². The number of ether oxygens (including phenoxy) is 1. The molecule has 1 fully saturated rings. The second-order valence-electron chi connectivity index (χ2n) is 10.8. The maximum atomic E-state index is 14.1. The third-order valence-electron chi connectivity index (χ3n) is 7.74. The van der Waals surface area contributed by atoms with Crippen molar-refractivity contribution in [3.05, 3.63) is 99.3 Å². The highest BCUT2D eigenvalue weighted by molar-refractivity contribution is 6.35. The number of benzene rings is 3. The Labute approximate surface area is 271 Å². The number of methoxy groups -OCH3 is 1. The van der Waals surface area contributed by atoms with E-state index in [-0.39, 0.29) is 45.1 Å². The summed E-state index contributed by atoms with van der Waals surface area (Å²) in [5.41, 5.74) is 7.93. The van der Waals surface area contributed by atoms with Crippen LogP contribution in [0.3, 0.4) is 0 Å². The van der Waals surface area contributed by atoms with Crippen molar-refractivity contribution >= 4 is 46.8 Å². The zero-order valence-electron chi connectivity index (χ0n) is 24.9. The average molecular weight is 658 g/mol. The molecule has 0 aliphatic carbocycles. The van der Waals surface area contributed by atoms with Crippen molar-refractivity contribution in [2.75, 3.05) is 39.8 Å². The van der Waals surface area contributed by atoms with E-state index >= 15 is 0 Å². The number of nitrogens with two attached hydrogens (primary N) is 1. The van der Waals surface area contributed by atoms with Crippen LogP contribution in [0.2, 0.25) is 10.0 Å². The molecule has 12 heteroatoms. The lowest BCUT2D eigenvalue weighted by Crippen LogP contribution is -2.53. The fourth-order valence-corrected chi connectivity index (χ4v) is 5.73. The molecule has 1 aliphatic rings. The molecule has 0 bridgehead atoms. The highest BCUT2D eigenvalue weighted by Gasteiger charge is 2.39. The summed E-state index contributed by atoms with van der Waals surface area (Å²) < 4.78 is 18.7. The second kappa shape index (κ2) is 15.7. The molecule has 3 aromatic carbocycles. The first-order valence-corrected chi connectivity index (χ1v) is 15.2. The van der Waals surface area contributed by atoms with E-state index in [2.05, 4.69) is 0 Å². The Hall–Kier alpha value is -4.15. The second-order valence-corrected chi connectivity index (χ2v) is 11.7. The van der Waals surface area contributed by atoms with Crippen LogP contribution in [0, 0.1) is 5.82 Å². The molecule has 9 nitrogen and oxygen atoms in total. The van der Waals surface area contributed by atoms with E-state index in [0.29, 0.717) is 35.1 Å². The van der Waals surface area contributed by atoms with Gasteiger partial charge in [0.2, 0.25) is 23.6 Å². The van der Waals surface area contributed by atoms with Crippen molar-refractivity contribution in [3.8, 4) is 5.75 Å². The number of carbonyl (C=O) groups excluding carboxylic acids is 4. The molecule has 1 aliphatic heterocycles. The summed E-state index contributed by atoms with van der Waals surface area (Å²) in [6.07, 6.45) is 0.826. The number of hydrogen-bond acceptors (Lipinski definition) is 5. The van der Waals surface area contributed by atoms with Gasteiger partial charge in [-0.1, -0.05) is 53.5 Å². The van der Waals surface area contributed by atoms with Crippen molar-refractivity contribution in [1.29, 1.82) is 0 Å². The van der Waals surface area contributed by atoms with Gasteiger partial charge in [-0.15, -0.1) is 0 Å². The average Bonchev–Trinajstić information content (AvgIpc) is 3.13. The highest BCUT2D eigenvalue weighted by Crippen LogP contribution is 2.23. The molecule has 1 atom stereocenters. The topological polar surface area (TPSA) is 113 Å². The van der Waals surface area contributed by atoms with Crippen LogP contribution < -0.4 is 10.5 Å². The number of carbonyl (C=O) groups is 4. The zero-order chi connectivity index (χ0) is 32.5. The summed E-state index contributed by atoms with van der Waals surface area (Å²) in [7, 11) is 1.56. The number of rotatable bonds is 13. The van der Waals surface area contributed by atoms with Gasteiger partial charge in [0.05, 0.1) is 26.6 Å². The third kappa shape index (κ3) is 9.42. The van der Waals surface area contributed by atoms with E-state index in [0.717, 1.165) is 16.7 Å². The van der Waals surface area contributed by atoms with Gasteiger partial charge >= 0.3 is 0 Å². The molecular weight excluding hydrogens is 622 g/mol. The van der Waals surface area contributed by atoms with Crippen molar-refractivity contribution in [1.82, 2.24) is 14.7 Å². The van der Waals surface area contributed by atoms with E-state index < -0.39 is 29.6 Å². The van der Waals surface area contributed by atoms with Crippen LogP contribution in [0.15, 0.2) is 66.7 Å². The molecule has 45 heavy (non-hydrogen) atoms. The van der Waals surface area contributed by atoms with Crippen LogP contribution in [0.1, 0.15) is 23.1 Å². The summed E-state index contributed by atoms with van der Waals surface area (Å²) in [5.74, 6) is -1.78. The van der Waals surface area contributed by atoms with Gasteiger partial charge in [-0.05, 0) is 72.4 Å². The van der Waals surface area contributed by atoms with E-state index in [1.165, 1.54) is 26.8 Å². The van der Waals surface area contributed by atoms with Crippen LogP contribution in [0.25, 0.3) is 0 Å². The van der Waals surface area contributed by atoms with Gasteiger partial charge in [-0.3, -0.25) is 19.2 Å². The van der Waals surface area contributed by atoms with Gasteiger partial charge in [0.15, 0.2) is 0 Å². The number of nitrogens with zero attached hydrogens (tertiary/aromatic N) is 3. The van der Waals surface area contributed by atoms with Gasteiger partial charge in [0, 0.05) is 29.7 Å². The van der Waals surface area contributed by atoms with Crippen LogP contribution >= 0.6 is 23.2 Å². The molecule has 1 heterocycles. The number of hydrogen-bond donors (Lipinski definition) is 1. The smallest absolute Gasteiger partial charge is 0.246 e. The summed E-state index contributed by atoms with van der Waals surface area (Å²) in [5, 5.41) is 0.930. The minimum absolute atomic E-state index is 0.105. The summed E-state index contributed by atoms with van der Waals surface area (Å²) in [6.45, 7) is -0.177. The van der Waals surface area contributed by atoms with Gasteiger partial charge in [-0.2, -0.15) is 0 Å². The Morgan fingerprint density at radius 2 is 1.60 bits per heavy atom. The number of halogens is 3. The standard InChI is InChI=1S/C33H35Cl2FN4O5/c1-45-27-10-4-23(5-11-27)12-15-39(20-30(37)41)33(44)29-19-31(42)38(16-14-24-6-7-25(34)18-28(24)35)21-32(43)40(29)17-13-22-2-8-26(36)9-3-22/h2-11,18,29H,12-17,19-21H2,1H3,(H2,37,41). The lowest BCUT2D eigenvalue weighted by atomic mass is 10.1. The maximum Gasteiger partial charge on any atom is 0.246 e. The molecule has 0 spiro atoms. The predicted molar refractivity (Wildman–Crippen MR) is 169 cm³/mol. The summed E-state index contributed by atoms with van der Waals surface area (Å²) in [4.78, 5) is 57.5. The Balaban J connectivity index is 1.57. The van der Waals surface area contributed by atoms with Crippen molar-refractivity contribution in [3.63, 3.8) is 0 Å². The number of amides is 4. The molecule has 4 amide bonds. The van der Waals surface area contributed by atoms with Gasteiger partial charge in [-0.25, -0.2) is 4.39 Å². The summed E-state index contributed by atoms with van der Waals surface area (Å²) >= 11 is 12.3. The lowest BCUT2D eigenvalue weighted by molar-refractivity contribution is -0.146. The van der Waals surface area contributed by atoms with Gasteiger partial charge in [0.25, 0.3) is 0 Å². The molecular formula is C33H35Cl2FN4O5. The number of primary amides is 1. The monoisotopic (exact) mass is 656 g/mol. The van der Waals surface area contributed by atoms with Crippen LogP contribution in [0.4, 0.5) is 4.39 Å². The van der Waals surface area contributed by atoms with Crippen molar-refractivity contribution in [2.24, 2.45) is 5.73 Å². The maximum absolute atomic E-state index is 14.1. The first-order chi connectivity index (χ1) is 21.5. The minimum Gasteiger partial charge on any atom is -0.497 e. The lowest BCUT2D eigenvalue weighted by Gasteiger charge is -2.33. The Kier molecular flexibility index (Phi) is 11.8. The Bertz CT molecular complexity index is 1520. The molecule has 3 aromatic rings. The SMILES string of the molecule is COc1ccc(CCN(CC(N)=O)C(=O)C2CC(=O)N(CCc3ccc(Cl)cc3Cl)CC(=O)N2CCc2ccc(F)cc2)cc1. The van der Waals surface area contributed by atoms with Crippen molar-refractivity contribution in [2.45, 2.75) is 31.7 Å². The molecule has 4 rings (SSSR count). The minimum atomic E-state index is -1.16. The van der Waals surface area contributed by atoms with Crippen LogP contribution in [-0.2, 0) is 38.4 Å². The zero-order valence-corrected chi connectivity index (χ0v) is 26.4. The molecule has 1 saturated heterocycles. The quantitative estimate of drug-likeness (QED) is 0.300. The first-order valence-electron chi connectivity index (χ1n) is 14.5. The molecule has 0 saturated carbocycles. The Morgan fingerprint density at radius 3 is 2.24 bits per heavy atom. The fraction of sp³-hybridized carbons (Fsp3) is 0.333. The van der Waals surface area contributed by atoms with E-state index in [1.807, 2.05) is 12.1 Å². The normalized spacial score (nSPS) is 15.2. The Morgan fingerprint density at radius 1 is 0.933 bits per heavy atom. The van der Waals surface area contributed by atoms with E-state index in [4.69, 9.17) is 33.7 Å². The van der Waals surface area contributed by atoms with Crippen LogP contribution in [0.5, 0.6) is 5.75 Å². The van der Waals surface area contributed by atoms with E-state index in [9.17, 15) is 23.6 Å². The predicted octanol–water partition coefficient (Wildman–Crippen LogP) is 3.91. The van der Waals surface area contributed by atoms with Crippen LogP contribution in [-0.4, -0.2) is 84.2 Å². The molecule has 2 N–H and O–H groups in total. The molecule has 0 aromatic heterocycles. The third-order valence-corrected chi connectivity index (χ3v) is 8.32.